The van der Waals surface area contributed by atoms with E-state index in [9.17, 15) is 4.79 Å². The van der Waals surface area contributed by atoms with Gasteiger partial charge >= 0.3 is 5.97 Å². The van der Waals surface area contributed by atoms with Crippen molar-refractivity contribution in [1.29, 1.82) is 0 Å². The smallest absolute Gasteiger partial charge is 0.310 e. The summed E-state index contributed by atoms with van der Waals surface area (Å²) in [7, 11) is 0. The van der Waals surface area contributed by atoms with Crippen LogP contribution in [0.25, 0.3) is 0 Å². The van der Waals surface area contributed by atoms with E-state index in [2.05, 4.69) is 17.6 Å². The Morgan fingerprint density at radius 3 is 2.72 bits per heavy atom. The monoisotopic (exact) mass is 254 g/mol. The van der Waals surface area contributed by atoms with Gasteiger partial charge < -0.3 is 15.4 Å². The second kappa shape index (κ2) is 6.53. The van der Waals surface area contributed by atoms with E-state index >= 15 is 0 Å². The van der Waals surface area contributed by atoms with E-state index in [0.717, 1.165) is 31.8 Å². The number of ether oxygens (including phenoxy) is 1. The predicted molar refractivity (Wildman–Crippen MR) is 71.3 cm³/mol. The van der Waals surface area contributed by atoms with Crippen LogP contribution in [0.15, 0.2) is 0 Å². The van der Waals surface area contributed by atoms with Gasteiger partial charge in [-0.2, -0.15) is 0 Å². The van der Waals surface area contributed by atoms with Crippen molar-refractivity contribution < 1.29 is 9.53 Å². The van der Waals surface area contributed by atoms with Gasteiger partial charge in [-0.3, -0.25) is 4.79 Å². The van der Waals surface area contributed by atoms with Gasteiger partial charge in [0.25, 0.3) is 0 Å². The summed E-state index contributed by atoms with van der Waals surface area (Å²) in [6.45, 7) is 6.54. The van der Waals surface area contributed by atoms with Crippen LogP contribution in [0.5, 0.6) is 0 Å². The van der Waals surface area contributed by atoms with Crippen molar-refractivity contribution in [2.75, 3.05) is 19.7 Å². The van der Waals surface area contributed by atoms with Gasteiger partial charge in [0.2, 0.25) is 0 Å². The third-order valence-electron chi connectivity index (χ3n) is 4.31. The van der Waals surface area contributed by atoms with Crippen LogP contribution in [0, 0.1) is 11.8 Å². The average Bonchev–Trinajstić information content (AvgIpc) is 2.39. The quantitative estimate of drug-likeness (QED) is 0.746. The maximum absolute atomic E-state index is 11.7. The molecule has 0 aromatic rings. The fourth-order valence-electron chi connectivity index (χ4n) is 3.28. The number of rotatable bonds is 3. The molecule has 2 saturated heterocycles. The minimum atomic E-state index is -0.0258. The van der Waals surface area contributed by atoms with Crippen molar-refractivity contribution >= 4 is 5.97 Å². The number of carbonyl (C=O) groups excluding carboxylic acids is 1. The Morgan fingerprint density at radius 2 is 2.11 bits per heavy atom. The molecule has 2 heterocycles. The largest absolute Gasteiger partial charge is 0.466 e. The number of hydrogen-bond acceptors (Lipinski definition) is 4. The summed E-state index contributed by atoms with van der Waals surface area (Å²) in [5.74, 6) is 0.812. The second-order valence-corrected chi connectivity index (χ2v) is 5.68. The van der Waals surface area contributed by atoms with Gasteiger partial charge in [0.15, 0.2) is 0 Å². The van der Waals surface area contributed by atoms with E-state index in [1.807, 2.05) is 6.92 Å². The maximum Gasteiger partial charge on any atom is 0.310 e. The van der Waals surface area contributed by atoms with Crippen LogP contribution in [0.4, 0.5) is 0 Å². The first-order valence-corrected chi connectivity index (χ1v) is 7.34. The lowest BCUT2D eigenvalue weighted by atomic mass is 9.81. The molecule has 0 aromatic carbocycles. The third kappa shape index (κ3) is 3.45. The molecule has 0 radical (unpaired) electrons. The molecule has 2 aliphatic rings. The van der Waals surface area contributed by atoms with Crippen molar-refractivity contribution in [2.24, 2.45) is 11.8 Å². The zero-order chi connectivity index (χ0) is 13.0. The molecule has 4 heteroatoms. The minimum Gasteiger partial charge on any atom is -0.466 e. The first-order chi connectivity index (χ1) is 8.70. The molecule has 104 valence electrons. The van der Waals surface area contributed by atoms with Crippen molar-refractivity contribution in [1.82, 2.24) is 10.6 Å². The number of esters is 1. The summed E-state index contributed by atoms with van der Waals surface area (Å²) in [6, 6.07) is 1.23. The molecule has 4 nitrogen and oxygen atoms in total. The van der Waals surface area contributed by atoms with Crippen LogP contribution in [-0.2, 0) is 9.53 Å². The van der Waals surface area contributed by atoms with Gasteiger partial charge in [0.05, 0.1) is 12.5 Å². The van der Waals surface area contributed by atoms with Crippen LogP contribution in [0.2, 0.25) is 0 Å². The lowest BCUT2D eigenvalue weighted by Gasteiger charge is -2.38. The van der Waals surface area contributed by atoms with Crippen LogP contribution >= 0.6 is 0 Å². The molecule has 2 rings (SSSR count). The summed E-state index contributed by atoms with van der Waals surface area (Å²) < 4.78 is 5.09. The SMILES string of the molecule is CCOC(=O)C1CCC(C2CCNC(C)C2)NC1. The summed E-state index contributed by atoms with van der Waals surface area (Å²) in [5, 5.41) is 7.06. The fraction of sp³-hybridized carbons (Fsp3) is 0.929. The highest BCUT2D eigenvalue weighted by atomic mass is 16.5. The molecular formula is C14H26N2O2. The van der Waals surface area contributed by atoms with E-state index < -0.39 is 0 Å². The van der Waals surface area contributed by atoms with Crippen LogP contribution < -0.4 is 10.6 Å². The lowest BCUT2D eigenvalue weighted by molar-refractivity contribution is -0.148. The third-order valence-corrected chi connectivity index (χ3v) is 4.31. The molecule has 2 aliphatic heterocycles. The second-order valence-electron chi connectivity index (χ2n) is 5.68. The zero-order valence-electron chi connectivity index (χ0n) is 11.6. The molecule has 2 fully saturated rings. The molecule has 0 aliphatic carbocycles. The summed E-state index contributed by atoms with van der Waals surface area (Å²) in [6.07, 6.45) is 4.60. The Hall–Kier alpha value is -0.610. The topological polar surface area (TPSA) is 50.4 Å². The van der Waals surface area contributed by atoms with Gasteiger partial charge in [-0.05, 0) is 52.0 Å². The highest BCUT2D eigenvalue weighted by molar-refractivity contribution is 5.72. The average molecular weight is 254 g/mol. The number of hydrogen-bond donors (Lipinski definition) is 2. The minimum absolute atomic E-state index is 0.0258. The molecule has 2 N–H and O–H groups in total. The molecule has 0 bridgehead atoms. The summed E-state index contributed by atoms with van der Waals surface area (Å²) >= 11 is 0. The Balaban J connectivity index is 1.77. The first kappa shape index (κ1) is 13.8. The van der Waals surface area contributed by atoms with E-state index in [4.69, 9.17) is 4.74 Å². The highest BCUT2D eigenvalue weighted by Gasteiger charge is 2.32. The lowest BCUT2D eigenvalue weighted by Crippen LogP contribution is -2.49. The predicted octanol–water partition coefficient (Wildman–Crippen LogP) is 1.31. The maximum atomic E-state index is 11.7. The van der Waals surface area contributed by atoms with Crippen LogP contribution in [0.1, 0.15) is 39.5 Å². The normalized spacial score (nSPS) is 37.2. The van der Waals surface area contributed by atoms with Crippen molar-refractivity contribution in [3.63, 3.8) is 0 Å². The van der Waals surface area contributed by atoms with E-state index in [0.29, 0.717) is 18.7 Å². The standard InChI is InChI=1S/C14H26N2O2/c1-3-18-14(17)12-4-5-13(16-9-12)11-6-7-15-10(2)8-11/h10-13,15-16H,3-9H2,1-2H3. The molecule has 0 saturated carbocycles. The zero-order valence-corrected chi connectivity index (χ0v) is 11.6. The van der Waals surface area contributed by atoms with Gasteiger partial charge in [-0.25, -0.2) is 0 Å². The Bertz CT molecular complexity index is 275. The summed E-state index contributed by atoms with van der Waals surface area (Å²) in [5.41, 5.74) is 0. The fourth-order valence-corrected chi connectivity index (χ4v) is 3.28. The number of piperidine rings is 2. The van der Waals surface area contributed by atoms with Gasteiger partial charge in [-0.15, -0.1) is 0 Å². The summed E-state index contributed by atoms with van der Waals surface area (Å²) in [4.78, 5) is 11.7. The number of nitrogens with one attached hydrogen (secondary N) is 2. The molecule has 18 heavy (non-hydrogen) atoms. The Morgan fingerprint density at radius 1 is 1.28 bits per heavy atom. The van der Waals surface area contributed by atoms with E-state index in [-0.39, 0.29) is 11.9 Å². The first-order valence-electron chi connectivity index (χ1n) is 7.34. The molecule has 4 unspecified atom stereocenters. The highest BCUT2D eigenvalue weighted by Crippen LogP contribution is 2.27. The van der Waals surface area contributed by atoms with Gasteiger partial charge in [-0.1, -0.05) is 0 Å². The Kier molecular flexibility index (Phi) is 5.01. The van der Waals surface area contributed by atoms with Gasteiger partial charge in [0, 0.05) is 18.6 Å². The van der Waals surface area contributed by atoms with E-state index in [1.165, 1.54) is 12.8 Å². The molecule has 0 amide bonds. The molecule has 4 atom stereocenters. The molecule has 0 spiro atoms. The van der Waals surface area contributed by atoms with Crippen molar-refractivity contribution in [3.05, 3.63) is 0 Å². The van der Waals surface area contributed by atoms with E-state index in [1.54, 1.807) is 0 Å². The number of carbonyl (C=O) groups is 1. The van der Waals surface area contributed by atoms with Crippen LogP contribution in [-0.4, -0.2) is 37.7 Å². The molecular weight excluding hydrogens is 228 g/mol. The van der Waals surface area contributed by atoms with Crippen molar-refractivity contribution in [2.45, 2.75) is 51.6 Å². The van der Waals surface area contributed by atoms with Crippen LogP contribution in [0.3, 0.4) is 0 Å². The Labute approximate surface area is 110 Å². The van der Waals surface area contributed by atoms with Crippen molar-refractivity contribution in [3.8, 4) is 0 Å². The van der Waals surface area contributed by atoms with Gasteiger partial charge in [0.1, 0.15) is 0 Å². The molecule has 0 aromatic heterocycles.